The fraction of sp³-hybridized carbons (Fsp3) is 0.867. The third-order valence-corrected chi connectivity index (χ3v) is 4.22. The Morgan fingerprint density at radius 2 is 1.80 bits per heavy atom. The molecule has 3 aliphatic carbocycles. The van der Waals surface area contributed by atoms with E-state index < -0.39 is 23.7 Å². The molecule has 0 spiro atoms. The third-order valence-electron chi connectivity index (χ3n) is 4.22. The molecule has 3 aliphatic rings. The summed E-state index contributed by atoms with van der Waals surface area (Å²) in [6.45, 7) is 7.65. The van der Waals surface area contributed by atoms with Crippen molar-refractivity contribution in [3.05, 3.63) is 0 Å². The molecule has 3 saturated carbocycles. The minimum absolute atomic E-state index is 0.225. The summed E-state index contributed by atoms with van der Waals surface area (Å²) >= 11 is 0. The lowest BCUT2D eigenvalue weighted by Gasteiger charge is -2.70. The topological polar surface area (TPSA) is 64.6 Å². The van der Waals surface area contributed by atoms with Crippen LogP contribution >= 0.6 is 0 Å². The maximum atomic E-state index is 11.8. The summed E-state index contributed by atoms with van der Waals surface area (Å²) in [5.74, 6) is -0.397. The Morgan fingerprint density at radius 1 is 1.25 bits per heavy atom. The molecule has 5 nitrogen and oxygen atoms in total. The van der Waals surface area contributed by atoms with Crippen molar-refractivity contribution in [1.82, 2.24) is 5.32 Å². The van der Waals surface area contributed by atoms with Crippen LogP contribution in [0, 0.1) is 10.8 Å². The largest absolute Gasteiger partial charge is 0.467 e. The second kappa shape index (κ2) is 4.64. The molecule has 1 amide bonds. The second-order valence-corrected chi connectivity index (χ2v) is 7.77. The lowest BCUT2D eigenvalue weighted by atomic mass is 9.35. The number of esters is 1. The zero-order valence-corrected chi connectivity index (χ0v) is 13.0. The van der Waals surface area contributed by atoms with E-state index >= 15 is 0 Å². The summed E-state index contributed by atoms with van der Waals surface area (Å²) in [7, 11) is 1.34. The molecule has 1 unspecified atom stereocenters. The smallest absolute Gasteiger partial charge is 0.408 e. The zero-order chi connectivity index (χ0) is 15.2. The van der Waals surface area contributed by atoms with Crippen molar-refractivity contribution in [2.75, 3.05) is 7.11 Å². The Bertz CT molecular complexity index is 404. The van der Waals surface area contributed by atoms with Gasteiger partial charge in [0.05, 0.1) is 7.11 Å². The molecule has 20 heavy (non-hydrogen) atoms. The standard InChI is InChI=1S/C15H25NO4/c1-13(2,3)20-12(18)16-10(11(17)19-5)6-15-7-14(4,8-15)9-15/h10H,6-9H2,1-5H3,(H,16,18). The van der Waals surface area contributed by atoms with Crippen LogP contribution in [0.1, 0.15) is 53.4 Å². The maximum absolute atomic E-state index is 11.8. The summed E-state index contributed by atoms with van der Waals surface area (Å²) in [5.41, 5.74) is 0.129. The van der Waals surface area contributed by atoms with Gasteiger partial charge in [-0.2, -0.15) is 0 Å². The molecule has 114 valence electrons. The van der Waals surface area contributed by atoms with Crippen LogP contribution in [-0.2, 0) is 14.3 Å². The average Bonchev–Trinajstić information content (AvgIpc) is 2.20. The van der Waals surface area contributed by atoms with Gasteiger partial charge in [-0.25, -0.2) is 9.59 Å². The van der Waals surface area contributed by atoms with E-state index in [1.54, 1.807) is 20.8 Å². The van der Waals surface area contributed by atoms with Crippen LogP contribution in [-0.4, -0.2) is 30.8 Å². The second-order valence-electron chi connectivity index (χ2n) is 7.77. The molecule has 2 bridgehead atoms. The lowest BCUT2D eigenvalue weighted by molar-refractivity contribution is -0.200. The van der Waals surface area contributed by atoms with Crippen LogP contribution in [0.25, 0.3) is 0 Å². The van der Waals surface area contributed by atoms with Crippen molar-refractivity contribution < 1.29 is 19.1 Å². The first-order valence-electron chi connectivity index (χ1n) is 7.14. The predicted molar refractivity (Wildman–Crippen MR) is 74.2 cm³/mol. The van der Waals surface area contributed by atoms with Crippen LogP contribution < -0.4 is 5.32 Å². The van der Waals surface area contributed by atoms with E-state index in [0.717, 1.165) is 19.3 Å². The Morgan fingerprint density at radius 3 is 2.20 bits per heavy atom. The monoisotopic (exact) mass is 283 g/mol. The van der Waals surface area contributed by atoms with E-state index in [1.807, 2.05) is 0 Å². The zero-order valence-electron chi connectivity index (χ0n) is 13.0. The molecule has 5 heteroatoms. The normalized spacial score (nSPS) is 32.5. The quantitative estimate of drug-likeness (QED) is 0.806. The van der Waals surface area contributed by atoms with Gasteiger partial charge in [0.1, 0.15) is 11.6 Å². The first-order valence-corrected chi connectivity index (χ1v) is 7.14. The van der Waals surface area contributed by atoms with Gasteiger partial charge in [0.15, 0.2) is 0 Å². The molecule has 1 atom stereocenters. The number of carbonyl (C=O) groups is 2. The molecule has 0 aromatic heterocycles. The predicted octanol–water partition coefficient (Wildman–Crippen LogP) is 2.63. The van der Waals surface area contributed by atoms with E-state index in [2.05, 4.69) is 12.2 Å². The van der Waals surface area contributed by atoms with Gasteiger partial charge in [-0.15, -0.1) is 0 Å². The van der Waals surface area contributed by atoms with Gasteiger partial charge in [-0.3, -0.25) is 0 Å². The molecular weight excluding hydrogens is 258 g/mol. The van der Waals surface area contributed by atoms with Crippen molar-refractivity contribution in [3.63, 3.8) is 0 Å². The Balaban J connectivity index is 1.91. The van der Waals surface area contributed by atoms with Crippen molar-refractivity contribution in [3.8, 4) is 0 Å². The van der Waals surface area contributed by atoms with Crippen molar-refractivity contribution in [2.45, 2.75) is 65.0 Å². The van der Waals surface area contributed by atoms with E-state index in [1.165, 1.54) is 7.11 Å². The molecule has 3 rings (SSSR count). The number of carbonyl (C=O) groups excluding carboxylic acids is 2. The van der Waals surface area contributed by atoms with Crippen molar-refractivity contribution in [2.24, 2.45) is 10.8 Å². The fourth-order valence-corrected chi connectivity index (χ4v) is 4.00. The van der Waals surface area contributed by atoms with Crippen LogP contribution in [0.15, 0.2) is 0 Å². The average molecular weight is 283 g/mol. The number of alkyl carbamates (subject to hydrolysis) is 1. The minimum atomic E-state index is -0.611. The number of methoxy groups -OCH3 is 1. The molecular formula is C15H25NO4. The van der Waals surface area contributed by atoms with E-state index in [9.17, 15) is 9.59 Å². The van der Waals surface area contributed by atoms with Gasteiger partial charge < -0.3 is 14.8 Å². The fourth-order valence-electron chi connectivity index (χ4n) is 4.00. The highest BCUT2D eigenvalue weighted by Gasteiger charge is 2.65. The van der Waals surface area contributed by atoms with Gasteiger partial charge in [-0.1, -0.05) is 6.92 Å². The first kappa shape index (κ1) is 15.1. The first-order chi connectivity index (χ1) is 9.06. The molecule has 0 aliphatic heterocycles. The molecule has 3 fully saturated rings. The van der Waals surface area contributed by atoms with Crippen LogP contribution in [0.2, 0.25) is 0 Å². The Hall–Kier alpha value is -1.26. The van der Waals surface area contributed by atoms with E-state index in [-0.39, 0.29) is 5.41 Å². The SMILES string of the molecule is COC(=O)C(CC12CC(C)(C1)C2)NC(=O)OC(C)(C)C. The number of hydrogen-bond donors (Lipinski definition) is 1. The van der Waals surface area contributed by atoms with Crippen molar-refractivity contribution in [1.29, 1.82) is 0 Å². The summed E-state index contributed by atoms with van der Waals surface area (Å²) in [4.78, 5) is 23.7. The van der Waals surface area contributed by atoms with Gasteiger partial charge in [0.25, 0.3) is 0 Å². The third kappa shape index (κ3) is 3.07. The van der Waals surface area contributed by atoms with E-state index in [0.29, 0.717) is 11.8 Å². The minimum Gasteiger partial charge on any atom is -0.467 e. The van der Waals surface area contributed by atoms with Gasteiger partial charge >= 0.3 is 12.1 Å². The highest BCUT2D eigenvalue weighted by Crippen LogP contribution is 2.74. The van der Waals surface area contributed by atoms with Gasteiger partial charge in [0, 0.05) is 0 Å². The molecule has 0 saturated heterocycles. The summed E-state index contributed by atoms with van der Waals surface area (Å²) in [6, 6.07) is -0.611. The van der Waals surface area contributed by atoms with Gasteiger partial charge in [0.2, 0.25) is 0 Å². The molecule has 0 aromatic carbocycles. The highest BCUT2D eigenvalue weighted by atomic mass is 16.6. The number of amides is 1. The number of rotatable bonds is 4. The molecule has 0 aromatic rings. The van der Waals surface area contributed by atoms with Crippen LogP contribution in [0.3, 0.4) is 0 Å². The van der Waals surface area contributed by atoms with Crippen molar-refractivity contribution >= 4 is 12.1 Å². The summed E-state index contributed by atoms with van der Waals surface area (Å²) in [5, 5.41) is 2.65. The maximum Gasteiger partial charge on any atom is 0.408 e. The highest BCUT2D eigenvalue weighted by molar-refractivity contribution is 5.81. The number of hydrogen-bond acceptors (Lipinski definition) is 4. The van der Waals surface area contributed by atoms with Gasteiger partial charge in [-0.05, 0) is 57.3 Å². The molecule has 0 radical (unpaired) electrons. The summed E-state index contributed by atoms with van der Waals surface area (Å²) in [6.07, 6.45) is 3.51. The Labute approximate surface area is 120 Å². The number of ether oxygens (including phenoxy) is 2. The van der Waals surface area contributed by atoms with E-state index in [4.69, 9.17) is 9.47 Å². The lowest BCUT2D eigenvalue weighted by Crippen LogP contribution is -2.62. The van der Waals surface area contributed by atoms with Crippen LogP contribution in [0.4, 0.5) is 4.79 Å². The molecule has 0 heterocycles. The molecule has 1 N–H and O–H groups in total. The van der Waals surface area contributed by atoms with Crippen LogP contribution in [0.5, 0.6) is 0 Å². The Kier molecular flexibility index (Phi) is 3.51. The summed E-state index contributed by atoms with van der Waals surface area (Å²) < 4.78 is 9.99. The number of nitrogens with one attached hydrogen (secondary N) is 1.